The van der Waals surface area contributed by atoms with Crippen molar-refractivity contribution < 1.29 is 0 Å². The van der Waals surface area contributed by atoms with Gasteiger partial charge in [0.1, 0.15) is 0 Å². The summed E-state index contributed by atoms with van der Waals surface area (Å²) < 4.78 is 0. The Balaban J connectivity index is 2.02. The molecule has 0 aliphatic rings. The van der Waals surface area contributed by atoms with Crippen LogP contribution in [0.3, 0.4) is 0 Å². The highest BCUT2D eigenvalue weighted by atomic mass is 35.5. The van der Waals surface area contributed by atoms with E-state index >= 15 is 0 Å². The number of nitrogens with zero attached hydrogens (tertiary/aromatic N) is 1. The molecule has 2 nitrogen and oxygen atoms in total. The van der Waals surface area contributed by atoms with Crippen LogP contribution in [0.1, 0.15) is 5.56 Å². The molecule has 2 rings (SSSR count). The highest BCUT2D eigenvalue weighted by Gasteiger charge is 2.00. The van der Waals surface area contributed by atoms with Gasteiger partial charge in [-0.3, -0.25) is 4.98 Å². The van der Waals surface area contributed by atoms with Gasteiger partial charge in [0.05, 0.1) is 11.9 Å². The summed E-state index contributed by atoms with van der Waals surface area (Å²) in [6.07, 6.45) is 3.42. The number of hydrogen-bond acceptors (Lipinski definition) is 3. The van der Waals surface area contributed by atoms with Crippen molar-refractivity contribution in [2.75, 3.05) is 5.73 Å². The van der Waals surface area contributed by atoms with E-state index in [4.69, 9.17) is 17.3 Å². The van der Waals surface area contributed by atoms with Crippen molar-refractivity contribution in [1.29, 1.82) is 0 Å². The van der Waals surface area contributed by atoms with Gasteiger partial charge < -0.3 is 5.73 Å². The Bertz CT molecular complexity index is 471. The highest BCUT2D eigenvalue weighted by molar-refractivity contribution is 7.98. The number of pyridine rings is 1. The lowest BCUT2D eigenvalue weighted by Gasteiger charge is -2.04. The summed E-state index contributed by atoms with van der Waals surface area (Å²) in [6, 6.07) is 9.76. The molecule has 1 aromatic heterocycles. The fraction of sp³-hybridized carbons (Fsp3) is 0.0833. The smallest absolute Gasteiger partial charge is 0.0638 e. The summed E-state index contributed by atoms with van der Waals surface area (Å²) in [4.78, 5) is 5.02. The number of nitrogen functional groups attached to an aromatic ring is 1. The summed E-state index contributed by atoms with van der Waals surface area (Å²) in [5.74, 6) is 0.880. The Morgan fingerprint density at radius 1 is 1.19 bits per heavy atom. The Hall–Kier alpha value is -1.19. The van der Waals surface area contributed by atoms with Gasteiger partial charge in [-0.05, 0) is 23.8 Å². The summed E-state index contributed by atoms with van der Waals surface area (Å²) in [6.45, 7) is 0. The maximum atomic E-state index is 5.82. The predicted molar refractivity (Wildman–Crippen MR) is 69.7 cm³/mol. The van der Waals surface area contributed by atoms with E-state index in [1.54, 1.807) is 24.2 Å². The zero-order valence-corrected chi connectivity index (χ0v) is 10.1. The van der Waals surface area contributed by atoms with Crippen LogP contribution in [-0.2, 0) is 5.75 Å². The van der Waals surface area contributed by atoms with Crippen LogP contribution in [-0.4, -0.2) is 4.98 Å². The van der Waals surface area contributed by atoms with Crippen molar-refractivity contribution in [3.8, 4) is 0 Å². The lowest BCUT2D eigenvalue weighted by atomic mass is 10.2. The van der Waals surface area contributed by atoms with Crippen LogP contribution in [0, 0.1) is 0 Å². The molecule has 0 fully saturated rings. The molecule has 2 aromatic rings. The maximum absolute atomic E-state index is 5.82. The van der Waals surface area contributed by atoms with Gasteiger partial charge in [-0.1, -0.05) is 23.7 Å². The second-order valence-corrected chi connectivity index (χ2v) is 4.78. The van der Waals surface area contributed by atoms with Gasteiger partial charge >= 0.3 is 0 Å². The van der Waals surface area contributed by atoms with Gasteiger partial charge in [-0.25, -0.2) is 0 Å². The highest BCUT2D eigenvalue weighted by Crippen LogP contribution is 2.27. The summed E-state index contributed by atoms with van der Waals surface area (Å²) in [7, 11) is 0. The predicted octanol–water partition coefficient (Wildman–Crippen LogP) is 3.61. The molecule has 0 saturated heterocycles. The lowest BCUT2D eigenvalue weighted by molar-refractivity contribution is 1.26. The van der Waals surface area contributed by atoms with Crippen molar-refractivity contribution in [3.63, 3.8) is 0 Å². The van der Waals surface area contributed by atoms with E-state index in [-0.39, 0.29) is 0 Å². The number of halogens is 1. The second kappa shape index (κ2) is 5.23. The molecule has 0 bridgehead atoms. The molecular formula is C12H11ClN2S. The Kier molecular flexibility index (Phi) is 3.70. The lowest BCUT2D eigenvalue weighted by Crippen LogP contribution is -1.89. The third kappa shape index (κ3) is 2.90. The SMILES string of the molecule is Nc1cnccc1SCc1ccc(Cl)cc1. The Morgan fingerprint density at radius 3 is 2.62 bits per heavy atom. The van der Waals surface area contributed by atoms with Crippen LogP contribution in [0.5, 0.6) is 0 Å². The minimum atomic E-state index is 0.724. The topological polar surface area (TPSA) is 38.9 Å². The van der Waals surface area contributed by atoms with Crippen LogP contribution in [0.15, 0.2) is 47.6 Å². The number of thioether (sulfide) groups is 1. The molecule has 0 saturated carbocycles. The third-order valence-corrected chi connectivity index (χ3v) is 3.53. The Morgan fingerprint density at radius 2 is 1.94 bits per heavy atom. The third-order valence-electron chi connectivity index (χ3n) is 2.12. The number of nitrogens with two attached hydrogens (primary N) is 1. The van der Waals surface area contributed by atoms with Gasteiger partial charge in [0, 0.05) is 21.9 Å². The molecule has 0 spiro atoms. The van der Waals surface area contributed by atoms with Crippen LogP contribution in [0.4, 0.5) is 5.69 Å². The number of rotatable bonds is 3. The fourth-order valence-electron chi connectivity index (χ4n) is 1.27. The molecular weight excluding hydrogens is 240 g/mol. The van der Waals surface area contributed by atoms with Crippen LogP contribution < -0.4 is 5.73 Å². The summed E-state index contributed by atoms with van der Waals surface area (Å²) in [5.41, 5.74) is 7.76. The molecule has 0 amide bonds. The van der Waals surface area contributed by atoms with Gasteiger partial charge in [-0.2, -0.15) is 0 Å². The van der Waals surface area contributed by atoms with E-state index in [0.717, 1.165) is 21.4 Å². The molecule has 0 unspecified atom stereocenters. The van der Waals surface area contributed by atoms with Crippen LogP contribution in [0.25, 0.3) is 0 Å². The van der Waals surface area contributed by atoms with Gasteiger partial charge in [-0.15, -0.1) is 11.8 Å². The van der Waals surface area contributed by atoms with Crippen molar-refractivity contribution >= 4 is 29.1 Å². The molecule has 0 aliphatic carbocycles. The van der Waals surface area contributed by atoms with Crippen LogP contribution >= 0.6 is 23.4 Å². The molecule has 1 aromatic carbocycles. The zero-order valence-electron chi connectivity index (χ0n) is 8.56. The van der Waals surface area contributed by atoms with Crippen molar-refractivity contribution in [2.45, 2.75) is 10.6 Å². The van der Waals surface area contributed by atoms with E-state index in [0.29, 0.717) is 0 Å². The molecule has 16 heavy (non-hydrogen) atoms. The van der Waals surface area contributed by atoms with E-state index in [9.17, 15) is 0 Å². The average Bonchev–Trinajstić information content (AvgIpc) is 2.30. The monoisotopic (exact) mass is 250 g/mol. The summed E-state index contributed by atoms with van der Waals surface area (Å²) in [5, 5.41) is 0.761. The molecule has 0 aliphatic heterocycles. The standard InChI is InChI=1S/C12H11ClN2S/c13-10-3-1-9(2-4-10)8-16-12-5-6-15-7-11(12)14/h1-7H,8,14H2. The normalized spacial score (nSPS) is 10.3. The zero-order chi connectivity index (χ0) is 11.4. The van der Waals surface area contributed by atoms with Crippen molar-refractivity contribution in [1.82, 2.24) is 4.98 Å². The van der Waals surface area contributed by atoms with Crippen LogP contribution in [0.2, 0.25) is 5.02 Å². The second-order valence-electron chi connectivity index (χ2n) is 3.33. The van der Waals surface area contributed by atoms with Gasteiger partial charge in [0.25, 0.3) is 0 Å². The van der Waals surface area contributed by atoms with Crippen molar-refractivity contribution in [3.05, 3.63) is 53.3 Å². The molecule has 0 radical (unpaired) electrons. The Labute approximate surface area is 104 Å². The van der Waals surface area contributed by atoms with E-state index in [1.807, 2.05) is 30.3 Å². The molecule has 0 atom stereocenters. The number of benzene rings is 1. The summed E-state index contributed by atoms with van der Waals surface area (Å²) >= 11 is 7.52. The largest absolute Gasteiger partial charge is 0.397 e. The maximum Gasteiger partial charge on any atom is 0.0638 e. The van der Waals surface area contributed by atoms with Gasteiger partial charge in [0.15, 0.2) is 0 Å². The van der Waals surface area contributed by atoms with Gasteiger partial charge in [0.2, 0.25) is 0 Å². The van der Waals surface area contributed by atoms with E-state index in [1.165, 1.54) is 5.56 Å². The minimum Gasteiger partial charge on any atom is -0.397 e. The molecule has 1 heterocycles. The van der Waals surface area contributed by atoms with E-state index in [2.05, 4.69) is 4.98 Å². The first-order valence-electron chi connectivity index (χ1n) is 4.82. The quantitative estimate of drug-likeness (QED) is 0.846. The minimum absolute atomic E-state index is 0.724. The molecule has 2 N–H and O–H groups in total. The molecule has 82 valence electrons. The number of hydrogen-bond donors (Lipinski definition) is 1. The number of anilines is 1. The first-order valence-corrected chi connectivity index (χ1v) is 6.19. The fourth-order valence-corrected chi connectivity index (χ4v) is 2.28. The first-order chi connectivity index (χ1) is 7.75. The van der Waals surface area contributed by atoms with E-state index < -0.39 is 0 Å². The number of aromatic nitrogens is 1. The first kappa shape index (κ1) is 11.3. The average molecular weight is 251 g/mol. The molecule has 4 heteroatoms. The van der Waals surface area contributed by atoms with Crippen molar-refractivity contribution in [2.24, 2.45) is 0 Å².